The number of carboxylic acids is 2. The number of hydrogen-bond donors (Lipinski definition) is 3. The van der Waals surface area contributed by atoms with Crippen LogP contribution in [0.5, 0.6) is 0 Å². The smallest absolute Gasteiger partial charge is 0.338 e. The van der Waals surface area contributed by atoms with Crippen LogP contribution in [-0.4, -0.2) is 22.2 Å². The van der Waals surface area contributed by atoms with Gasteiger partial charge in [-0.1, -0.05) is 0 Å². The van der Waals surface area contributed by atoms with Crippen LogP contribution < -0.4 is 5.32 Å². The quantitative estimate of drug-likeness (QED) is 0.777. The number of hydrogen-bond acceptors (Lipinski definition) is 4. The molecular formula is C13H10FNO5. The molecule has 0 saturated heterocycles. The first-order valence-electron chi connectivity index (χ1n) is 5.55. The highest BCUT2D eigenvalue weighted by Gasteiger charge is 2.11. The molecule has 1 aromatic carbocycles. The largest absolute Gasteiger partial charge is 0.478 e. The number of carboxylic acid groups (broad SMARTS) is 2. The van der Waals surface area contributed by atoms with Crippen molar-refractivity contribution in [2.24, 2.45) is 0 Å². The lowest BCUT2D eigenvalue weighted by atomic mass is 10.2. The van der Waals surface area contributed by atoms with Crippen molar-refractivity contribution in [3.8, 4) is 0 Å². The van der Waals surface area contributed by atoms with Crippen molar-refractivity contribution >= 4 is 17.6 Å². The number of rotatable bonds is 5. The number of benzene rings is 1. The number of halogens is 1. The Morgan fingerprint density at radius 2 is 1.95 bits per heavy atom. The molecule has 0 amide bonds. The van der Waals surface area contributed by atoms with Gasteiger partial charge in [-0.25, -0.2) is 14.0 Å². The Hall–Kier alpha value is -2.83. The topological polar surface area (TPSA) is 99.8 Å². The molecule has 2 rings (SSSR count). The van der Waals surface area contributed by atoms with Gasteiger partial charge in [0, 0.05) is 5.69 Å². The van der Waals surface area contributed by atoms with Crippen molar-refractivity contribution in [3.63, 3.8) is 0 Å². The lowest BCUT2D eigenvalue weighted by molar-refractivity contribution is 0.0682. The highest BCUT2D eigenvalue weighted by Crippen LogP contribution is 2.16. The highest BCUT2D eigenvalue weighted by atomic mass is 19.1. The van der Waals surface area contributed by atoms with E-state index in [9.17, 15) is 14.0 Å². The minimum Gasteiger partial charge on any atom is -0.478 e. The van der Waals surface area contributed by atoms with Crippen LogP contribution in [0.25, 0.3) is 0 Å². The van der Waals surface area contributed by atoms with Crippen LogP contribution in [0.1, 0.15) is 26.5 Å². The van der Waals surface area contributed by atoms with Crippen LogP contribution >= 0.6 is 0 Å². The lowest BCUT2D eigenvalue weighted by Crippen LogP contribution is -2.04. The van der Waals surface area contributed by atoms with Gasteiger partial charge in [0.2, 0.25) is 0 Å². The van der Waals surface area contributed by atoms with Gasteiger partial charge in [0.15, 0.2) is 0 Å². The van der Waals surface area contributed by atoms with Crippen LogP contribution in [0, 0.1) is 5.82 Å². The molecule has 7 heteroatoms. The first-order chi connectivity index (χ1) is 9.47. The van der Waals surface area contributed by atoms with Crippen molar-refractivity contribution in [1.82, 2.24) is 0 Å². The maximum Gasteiger partial charge on any atom is 0.338 e. The lowest BCUT2D eigenvalue weighted by Gasteiger charge is -2.06. The van der Waals surface area contributed by atoms with E-state index in [0.717, 1.165) is 18.4 Å². The molecule has 0 aliphatic rings. The zero-order chi connectivity index (χ0) is 14.7. The van der Waals surface area contributed by atoms with E-state index in [1.54, 1.807) is 0 Å². The molecule has 0 aliphatic carbocycles. The second kappa shape index (κ2) is 5.43. The van der Waals surface area contributed by atoms with Gasteiger partial charge < -0.3 is 19.9 Å². The van der Waals surface area contributed by atoms with Gasteiger partial charge in [-0.3, -0.25) is 0 Å². The molecule has 20 heavy (non-hydrogen) atoms. The summed E-state index contributed by atoms with van der Waals surface area (Å²) in [7, 11) is 0. The first-order valence-corrected chi connectivity index (χ1v) is 5.55. The third-order valence-electron chi connectivity index (χ3n) is 2.56. The number of nitrogens with one attached hydrogen (secondary N) is 1. The molecule has 6 nitrogen and oxygen atoms in total. The van der Waals surface area contributed by atoms with E-state index in [-0.39, 0.29) is 12.1 Å². The Kier molecular flexibility index (Phi) is 3.69. The average Bonchev–Trinajstić information content (AvgIpc) is 2.86. The van der Waals surface area contributed by atoms with E-state index >= 15 is 0 Å². The predicted molar refractivity (Wildman–Crippen MR) is 66.4 cm³/mol. The molecule has 0 saturated carbocycles. The molecule has 0 aliphatic heterocycles. The van der Waals surface area contributed by atoms with E-state index in [2.05, 4.69) is 5.32 Å². The molecule has 0 atom stereocenters. The minimum atomic E-state index is -1.36. The van der Waals surface area contributed by atoms with Crippen LogP contribution in [0.3, 0.4) is 0 Å². The van der Waals surface area contributed by atoms with Crippen molar-refractivity contribution in [2.75, 3.05) is 5.32 Å². The van der Waals surface area contributed by atoms with E-state index < -0.39 is 23.3 Å². The number of carbonyl (C=O) groups is 2. The Bertz CT molecular complexity index is 665. The number of furan rings is 1. The maximum atomic E-state index is 13.2. The van der Waals surface area contributed by atoms with Crippen LogP contribution in [0.4, 0.5) is 10.1 Å². The maximum absolute atomic E-state index is 13.2. The zero-order valence-corrected chi connectivity index (χ0v) is 10.1. The van der Waals surface area contributed by atoms with Gasteiger partial charge in [-0.15, -0.1) is 0 Å². The molecule has 3 N–H and O–H groups in total. The fraction of sp³-hybridized carbons (Fsp3) is 0.0769. The Morgan fingerprint density at radius 1 is 1.20 bits per heavy atom. The summed E-state index contributed by atoms with van der Waals surface area (Å²) < 4.78 is 18.2. The second-order valence-corrected chi connectivity index (χ2v) is 3.96. The fourth-order valence-corrected chi connectivity index (χ4v) is 1.57. The monoisotopic (exact) mass is 279 g/mol. The molecule has 0 fully saturated rings. The molecule has 1 heterocycles. The average molecular weight is 279 g/mol. The highest BCUT2D eigenvalue weighted by molar-refractivity contribution is 5.89. The fourth-order valence-electron chi connectivity index (χ4n) is 1.57. The van der Waals surface area contributed by atoms with Crippen molar-refractivity contribution in [3.05, 3.63) is 53.2 Å². The molecule has 0 unspecified atom stereocenters. The van der Waals surface area contributed by atoms with Gasteiger partial charge in [0.05, 0.1) is 17.7 Å². The standard InChI is InChI=1S/C13H10FNO5/c14-11-2-1-8(4-10(11)13(18)19)15-5-9-3-7(6-20-9)12(16)17/h1-4,6,15H,5H2,(H,16,17)(H,18,19). The molecule has 1 aromatic heterocycles. The normalized spacial score (nSPS) is 10.2. The summed E-state index contributed by atoms with van der Waals surface area (Å²) in [5.41, 5.74) is -0.0372. The molecule has 2 aromatic rings. The van der Waals surface area contributed by atoms with Crippen molar-refractivity contribution in [1.29, 1.82) is 0 Å². The molecule has 0 radical (unpaired) electrons. The summed E-state index contributed by atoms with van der Waals surface area (Å²) in [6.45, 7) is 0.151. The van der Waals surface area contributed by atoms with Gasteiger partial charge in [-0.2, -0.15) is 0 Å². The summed E-state index contributed by atoms with van der Waals surface area (Å²) in [6, 6.07) is 4.91. The van der Waals surface area contributed by atoms with Crippen molar-refractivity contribution < 1.29 is 28.6 Å². The van der Waals surface area contributed by atoms with E-state index in [0.29, 0.717) is 11.4 Å². The van der Waals surface area contributed by atoms with E-state index in [4.69, 9.17) is 14.6 Å². The Balaban J connectivity index is 2.08. The number of anilines is 1. The van der Waals surface area contributed by atoms with Crippen LogP contribution in [0.2, 0.25) is 0 Å². The van der Waals surface area contributed by atoms with Gasteiger partial charge in [0.25, 0.3) is 0 Å². The SMILES string of the molecule is O=C(O)c1coc(CNc2ccc(F)c(C(=O)O)c2)c1. The molecular weight excluding hydrogens is 269 g/mol. The molecule has 0 spiro atoms. The summed E-state index contributed by atoms with van der Waals surface area (Å²) in [5.74, 6) is -2.93. The summed E-state index contributed by atoms with van der Waals surface area (Å²) in [5, 5.41) is 20.3. The van der Waals surface area contributed by atoms with Crippen molar-refractivity contribution in [2.45, 2.75) is 6.54 Å². The van der Waals surface area contributed by atoms with E-state index in [1.807, 2.05) is 0 Å². The van der Waals surface area contributed by atoms with Gasteiger partial charge in [-0.05, 0) is 24.3 Å². The van der Waals surface area contributed by atoms with Crippen LogP contribution in [0.15, 0.2) is 34.9 Å². The summed E-state index contributed by atoms with van der Waals surface area (Å²) in [6.07, 6.45) is 1.10. The molecule has 104 valence electrons. The van der Waals surface area contributed by atoms with E-state index in [1.165, 1.54) is 12.1 Å². The van der Waals surface area contributed by atoms with Gasteiger partial charge in [0.1, 0.15) is 17.8 Å². The third kappa shape index (κ3) is 2.94. The zero-order valence-electron chi connectivity index (χ0n) is 10.1. The Labute approximate surface area is 112 Å². The first kappa shape index (κ1) is 13.6. The van der Waals surface area contributed by atoms with Crippen LogP contribution in [-0.2, 0) is 6.54 Å². The molecule has 0 bridgehead atoms. The number of aromatic carboxylic acids is 2. The second-order valence-electron chi connectivity index (χ2n) is 3.96. The van der Waals surface area contributed by atoms with Gasteiger partial charge >= 0.3 is 11.9 Å². The summed E-state index contributed by atoms with van der Waals surface area (Å²) in [4.78, 5) is 21.4. The predicted octanol–water partition coefficient (Wildman–Crippen LogP) is 2.43. The third-order valence-corrected chi connectivity index (χ3v) is 2.56. The Morgan fingerprint density at radius 3 is 2.55 bits per heavy atom. The minimum absolute atomic E-state index is 0.0205. The summed E-state index contributed by atoms with van der Waals surface area (Å²) >= 11 is 0.